The fraction of sp³-hybridized carbons (Fsp3) is 0.333. The molecule has 1 aromatic carbocycles. The van der Waals surface area contributed by atoms with E-state index in [1.165, 1.54) is 0 Å². The summed E-state index contributed by atoms with van der Waals surface area (Å²) in [6.07, 6.45) is -6.11. The SMILES string of the molecule is N[C@H](CC(F)(F)F)c1ccc(F)c(F)c1F. The molecule has 1 atom stereocenters. The van der Waals surface area contributed by atoms with Crippen molar-refractivity contribution in [2.24, 2.45) is 5.73 Å². The van der Waals surface area contributed by atoms with Gasteiger partial charge in [0, 0.05) is 11.6 Å². The molecule has 0 saturated carbocycles. The van der Waals surface area contributed by atoms with Crippen LogP contribution in [0.15, 0.2) is 12.1 Å². The minimum Gasteiger partial charge on any atom is -0.324 e. The summed E-state index contributed by atoms with van der Waals surface area (Å²) in [5.74, 6) is -4.98. The Labute approximate surface area is 86.9 Å². The maximum atomic E-state index is 13.0. The van der Waals surface area contributed by atoms with E-state index in [9.17, 15) is 26.3 Å². The predicted molar refractivity (Wildman–Crippen MR) is 43.9 cm³/mol. The van der Waals surface area contributed by atoms with Crippen molar-refractivity contribution in [3.05, 3.63) is 35.1 Å². The van der Waals surface area contributed by atoms with Gasteiger partial charge in [0.1, 0.15) is 0 Å². The van der Waals surface area contributed by atoms with Gasteiger partial charge in [0.25, 0.3) is 0 Å². The first-order valence-corrected chi connectivity index (χ1v) is 4.18. The van der Waals surface area contributed by atoms with E-state index in [2.05, 4.69) is 0 Å². The normalized spacial score (nSPS) is 13.9. The van der Waals surface area contributed by atoms with Crippen LogP contribution in [-0.2, 0) is 0 Å². The number of rotatable bonds is 2. The van der Waals surface area contributed by atoms with Crippen LogP contribution in [0.2, 0.25) is 0 Å². The first-order valence-electron chi connectivity index (χ1n) is 4.18. The van der Waals surface area contributed by atoms with E-state index in [-0.39, 0.29) is 0 Å². The van der Waals surface area contributed by atoms with Gasteiger partial charge < -0.3 is 5.73 Å². The van der Waals surface area contributed by atoms with Crippen LogP contribution in [0.25, 0.3) is 0 Å². The second kappa shape index (κ2) is 4.32. The molecule has 0 spiro atoms. The first kappa shape index (κ1) is 12.8. The lowest BCUT2D eigenvalue weighted by atomic mass is 10.0. The third-order valence-electron chi connectivity index (χ3n) is 1.92. The zero-order valence-corrected chi connectivity index (χ0v) is 7.78. The standard InChI is InChI=1S/C9H7F6N/c10-5-2-1-4(7(11)8(5)12)6(16)3-9(13,14)15/h1-2,6H,3,16H2/t6-/m1/s1. The zero-order chi connectivity index (χ0) is 12.5. The molecular formula is C9H7F6N. The molecule has 0 fully saturated rings. The van der Waals surface area contributed by atoms with Crippen molar-refractivity contribution < 1.29 is 26.3 Å². The minimum atomic E-state index is -4.60. The van der Waals surface area contributed by atoms with Gasteiger partial charge in [0.15, 0.2) is 17.5 Å². The summed E-state index contributed by atoms with van der Waals surface area (Å²) in [6.45, 7) is 0. The third kappa shape index (κ3) is 2.88. The summed E-state index contributed by atoms with van der Waals surface area (Å²) < 4.78 is 74.0. The Bertz CT molecular complexity index is 386. The van der Waals surface area contributed by atoms with Gasteiger partial charge in [-0.2, -0.15) is 13.2 Å². The molecule has 0 aliphatic heterocycles. The average Bonchev–Trinajstić information content (AvgIpc) is 2.11. The van der Waals surface area contributed by atoms with Crippen molar-refractivity contribution in [2.75, 3.05) is 0 Å². The maximum Gasteiger partial charge on any atom is 0.390 e. The highest BCUT2D eigenvalue weighted by atomic mass is 19.4. The van der Waals surface area contributed by atoms with Gasteiger partial charge in [-0.15, -0.1) is 0 Å². The van der Waals surface area contributed by atoms with Crippen molar-refractivity contribution in [2.45, 2.75) is 18.6 Å². The Morgan fingerprint density at radius 1 is 1.06 bits per heavy atom. The molecule has 0 unspecified atom stereocenters. The molecule has 0 amide bonds. The maximum absolute atomic E-state index is 13.0. The van der Waals surface area contributed by atoms with E-state index in [1.807, 2.05) is 0 Å². The van der Waals surface area contributed by atoms with Crippen LogP contribution in [0, 0.1) is 17.5 Å². The Balaban J connectivity index is 3.01. The molecule has 1 rings (SSSR count). The van der Waals surface area contributed by atoms with Crippen molar-refractivity contribution in [1.82, 2.24) is 0 Å². The van der Waals surface area contributed by atoms with Gasteiger partial charge in [0.05, 0.1) is 6.42 Å². The summed E-state index contributed by atoms with van der Waals surface area (Å²) in [4.78, 5) is 0. The number of halogens is 6. The monoisotopic (exact) mass is 243 g/mol. The topological polar surface area (TPSA) is 26.0 Å². The van der Waals surface area contributed by atoms with Gasteiger partial charge in [-0.1, -0.05) is 6.07 Å². The van der Waals surface area contributed by atoms with Gasteiger partial charge in [-0.3, -0.25) is 0 Å². The van der Waals surface area contributed by atoms with E-state index in [0.717, 1.165) is 0 Å². The number of benzene rings is 1. The van der Waals surface area contributed by atoms with E-state index < -0.39 is 41.7 Å². The fourth-order valence-corrected chi connectivity index (χ4v) is 1.19. The molecule has 1 aromatic rings. The van der Waals surface area contributed by atoms with Gasteiger partial charge >= 0.3 is 6.18 Å². The van der Waals surface area contributed by atoms with E-state index >= 15 is 0 Å². The van der Waals surface area contributed by atoms with E-state index in [1.54, 1.807) is 0 Å². The molecule has 0 radical (unpaired) electrons. The Morgan fingerprint density at radius 2 is 1.62 bits per heavy atom. The molecule has 1 nitrogen and oxygen atoms in total. The van der Waals surface area contributed by atoms with Crippen LogP contribution in [0.1, 0.15) is 18.0 Å². The molecule has 0 aliphatic rings. The smallest absolute Gasteiger partial charge is 0.324 e. The molecule has 16 heavy (non-hydrogen) atoms. The molecule has 0 aliphatic carbocycles. The van der Waals surface area contributed by atoms with Crippen LogP contribution >= 0.6 is 0 Å². The summed E-state index contributed by atoms with van der Waals surface area (Å²) in [5.41, 5.74) is 4.35. The highest BCUT2D eigenvalue weighted by molar-refractivity contribution is 5.23. The van der Waals surface area contributed by atoms with Gasteiger partial charge in [0.2, 0.25) is 0 Å². The molecule has 90 valence electrons. The molecule has 0 aromatic heterocycles. The van der Waals surface area contributed by atoms with Gasteiger partial charge in [-0.25, -0.2) is 13.2 Å². The first-order chi connectivity index (χ1) is 7.22. The van der Waals surface area contributed by atoms with Crippen LogP contribution in [0.5, 0.6) is 0 Å². The minimum absolute atomic E-state index is 0.532. The highest BCUT2D eigenvalue weighted by Gasteiger charge is 2.32. The predicted octanol–water partition coefficient (Wildman–Crippen LogP) is 3.06. The van der Waals surface area contributed by atoms with Crippen LogP contribution < -0.4 is 5.73 Å². The number of hydrogen-bond donors (Lipinski definition) is 1. The lowest BCUT2D eigenvalue weighted by molar-refractivity contribution is -0.138. The molecule has 0 heterocycles. The Kier molecular flexibility index (Phi) is 3.47. The number of nitrogens with two attached hydrogens (primary N) is 1. The van der Waals surface area contributed by atoms with Crippen LogP contribution in [-0.4, -0.2) is 6.18 Å². The zero-order valence-electron chi connectivity index (χ0n) is 7.78. The van der Waals surface area contributed by atoms with Crippen LogP contribution in [0.4, 0.5) is 26.3 Å². The molecular weight excluding hydrogens is 236 g/mol. The quantitative estimate of drug-likeness (QED) is 0.627. The van der Waals surface area contributed by atoms with E-state index in [0.29, 0.717) is 12.1 Å². The largest absolute Gasteiger partial charge is 0.390 e. The second-order valence-corrected chi connectivity index (χ2v) is 3.19. The van der Waals surface area contributed by atoms with Crippen molar-refractivity contribution in [3.8, 4) is 0 Å². The fourth-order valence-electron chi connectivity index (χ4n) is 1.19. The summed E-state index contributed by atoms with van der Waals surface area (Å²) in [5, 5.41) is 0. The molecule has 2 N–H and O–H groups in total. The van der Waals surface area contributed by atoms with Crippen molar-refractivity contribution in [1.29, 1.82) is 0 Å². The second-order valence-electron chi connectivity index (χ2n) is 3.19. The lowest BCUT2D eigenvalue weighted by Crippen LogP contribution is -2.21. The highest BCUT2D eigenvalue weighted by Crippen LogP contribution is 2.30. The Morgan fingerprint density at radius 3 is 2.12 bits per heavy atom. The van der Waals surface area contributed by atoms with Crippen molar-refractivity contribution >= 4 is 0 Å². The summed E-state index contributed by atoms with van der Waals surface area (Å²) >= 11 is 0. The average molecular weight is 243 g/mol. The lowest BCUT2D eigenvalue weighted by Gasteiger charge is -2.15. The molecule has 0 saturated heterocycles. The summed E-state index contributed by atoms with van der Waals surface area (Å²) in [6, 6.07) is -0.524. The number of hydrogen-bond acceptors (Lipinski definition) is 1. The Hall–Kier alpha value is -1.24. The van der Waals surface area contributed by atoms with Crippen LogP contribution in [0.3, 0.4) is 0 Å². The third-order valence-corrected chi connectivity index (χ3v) is 1.92. The molecule has 0 bridgehead atoms. The van der Waals surface area contributed by atoms with Crippen molar-refractivity contribution in [3.63, 3.8) is 0 Å². The number of alkyl halides is 3. The molecule has 7 heteroatoms. The van der Waals surface area contributed by atoms with E-state index in [4.69, 9.17) is 5.73 Å². The van der Waals surface area contributed by atoms with Gasteiger partial charge in [-0.05, 0) is 6.07 Å². The summed E-state index contributed by atoms with van der Waals surface area (Å²) in [7, 11) is 0.